The van der Waals surface area contributed by atoms with Crippen molar-refractivity contribution in [3.05, 3.63) is 18.3 Å². The molecule has 0 fully saturated rings. The summed E-state index contributed by atoms with van der Waals surface area (Å²) in [5.74, 6) is 0.528. The molecule has 0 aliphatic rings. The van der Waals surface area contributed by atoms with E-state index < -0.39 is 0 Å². The molecule has 0 radical (unpaired) electrons. The summed E-state index contributed by atoms with van der Waals surface area (Å²) in [6.07, 6.45) is 1.68. The minimum absolute atomic E-state index is 0.0387. The molecule has 1 unspecified atom stereocenters. The molecule has 4 nitrogen and oxygen atoms in total. The van der Waals surface area contributed by atoms with Gasteiger partial charge in [-0.2, -0.15) is 0 Å². The van der Waals surface area contributed by atoms with Gasteiger partial charge in [0.1, 0.15) is 5.82 Å². The third-order valence-electron chi connectivity index (χ3n) is 1.87. The summed E-state index contributed by atoms with van der Waals surface area (Å²) in [5, 5.41) is 2.74. The van der Waals surface area contributed by atoms with Gasteiger partial charge in [-0.1, -0.05) is 0 Å². The second-order valence-corrected chi connectivity index (χ2v) is 5.26. The van der Waals surface area contributed by atoms with Gasteiger partial charge in [-0.3, -0.25) is 4.79 Å². The zero-order valence-electron chi connectivity index (χ0n) is 9.73. The number of carbonyl (C=O) groups excluding carboxylic acids is 1. The van der Waals surface area contributed by atoms with Crippen LogP contribution in [0.25, 0.3) is 0 Å². The Balaban J connectivity index is 2.53. The maximum Gasteiger partial charge on any atom is 0.233 e. The van der Waals surface area contributed by atoms with Crippen LogP contribution < -0.4 is 11.1 Å². The molecule has 88 valence electrons. The first-order chi connectivity index (χ1) is 7.49. The monoisotopic (exact) mass is 239 g/mol. The molecule has 0 aliphatic carbocycles. The normalized spacial score (nSPS) is 12.5. The third kappa shape index (κ3) is 4.10. The van der Waals surface area contributed by atoms with E-state index in [1.54, 1.807) is 12.3 Å². The summed E-state index contributed by atoms with van der Waals surface area (Å²) in [6, 6.07) is 3.77. The molecule has 3 N–H and O–H groups in total. The van der Waals surface area contributed by atoms with Gasteiger partial charge in [0, 0.05) is 17.1 Å². The number of amides is 1. The predicted molar refractivity (Wildman–Crippen MR) is 67.2 cm³/mol. The van der Waals surface area contributed by atoms with Crippen molar-refractivity contribution in [3.63, 3.8) is 0 Å². The molecule has 0 saturated heterocycles. The number of thioether (sulfide) groups is 1. The molecule has 1 aromatic rings. The first-order valence-corrected chi connectivity index (χ1v) is 6.05. The molecule has 1 aromatic heterocycles. The van der Waals surface area contributed by atoms with E-state index in [0.29, 0.717) is 5.82 Å². The van der Waals surface area contributed by atoms with E-state index in [2.05, 4.69) is 10.3 Å². The van der Waals surface area contributed by atoms with Gasteiger partial charge in [-0.25, -0.2) is 4.98 Å². The van der Waals surface area contributed by atoms with Crippen molar-refractivity contribution in [1.82, 2.24) is 10.3 Å². The summed E-state index contributed by atoms with van der Waals surface area (Å²) >= 11 is 1.47. The maximum atomic E-state index is 11.6. The number of nitrogens with one attached hydrogen (secondary N) is 1. The second kappa shape index (κ2) is 5.75. The standard InChI is InChI=1S/C11H17N3OS/c1-7(2)14-11(15)8(3)16-9-4-5-10(12)13-6-9/h4-8H,1-3H3,(H2,12,13)(H,14,15). The second-order valence-electron chi connectivity index (χ2n) is 3.84. The molecule has 0 spiro atoms. The largest absolute Gasteiger partial charge is 0.384 e. The van der Waals surface area contributed by atoms with E-state index in [0.717, 1.165) is 4.90 Å². The first kappa shape index (κ1) is 12.8. The minimum Gasteiger partial charge on any atom is -0.384 e. The Kier molecular flexibility index (Phi) is 4.61. The zero-order valence-corrected chi connectivity index (χ0v) is 10.5. The highest BCUT2D eigenvalue weighted by Crippen LogP contribution is 2.22. The van der Waals surface area contributed by atoms with E-state index in [1.807, 2.05) is 26.8 Å². The Bertz CT molecular complexity index is 351. The summed E-state index contributed by atoms with van der Waals surface area (Å²) in [4.78, 5) is 16.6. The van der Waals surface area contributed by atoms with Gasteiger partial charge in [-0.15, -0.1) is 11.8 Å². The van der Waals surface area contributed by atoms with Crippen molar-refractivity contribution in [2.24, 2.45) is 0 Å². The van der Waals surface area contributed by atoms with E-state index in [9.17, 15) is 4.79 Å². The van der Waals surface area contributed by atoms with Crippen molar-refractivity contribution in [1.29, 1.82) is 0 Å². The summed E-state index contributed by atoms with van der Waals surface area (Å²) in [7, 11) is 0. The maximum absolute atomic E-state index is 11.6. The Morgan fingerprint density at radius 2 is 2.12 bits per heavy atom. The molecule has 1 amide bonds. The SMILES string of the molecule is CC(C)NC(=O)C(C)Sc1ccc(N)nc1. The number of carbonyl (C=O) groups is 1. The number of hydrogen-bond donors (Lipinski definition) is 2. The van der Waals surface area contributed by atoms with E-state index in [-0.39, 0.29) is 17.2 Å². The topological polar surface area (TPSA) is 68.0 Å². The Labute approximate surface area is 100 Å². The van der Waals surface area contributed by atoms with Gasteiger partial charge in [-0.05, 0) is 32.9 Å². The number of anilines is 1. The lowest BCUT2D eigenvalue weighted by molar-refractivity contribution is -0.120. The van der Waals surface area contributed by atoms with Crippen molar-refractivity contribution >= 4 is 23.5 Å². The van der Waals surface area contributed by atoms with Gasteiger partial charge in [0.25, 0.3) is 0 Å². The van der Waals surface area contributed by atoms with Crippen LogP contribution in [0.4, 0.5) is 5.82 Å². The lowest BCUT2D eigenvalue weighted by Crippen LogP contribution is -2.35. The number of pyridine rings is 1. The van der Waals surface area contributed by atoms with E-state index in [1.165, 1.54) is 11.8 Å². The predicted octanol–water partition coefficient (Wildman–Crippen LogP) is 1.67. The fourth-order valence-electron chi connectivity index (χ4n) is 1.12. The molecule has 16 heavy (non-hydrogen) atoms. The number of rotatable bonds is 4. The van der Waals surface area contributed by atoms with Crippen molar-refractivity contribution in [2.45, 2.75) is 37.0 Å². The van der Waals surface area contributed by atoms with Crippen LogP contribution in [0.15, 0.2) is 23.2 Å². The average molecular weight is 239 g/mol. The number of hydrogen-bond acceptors (Lipinski definition) is 4. The molecule has 0 aromatic carbocycles. The van der Waals surface area contributed by atoms with Crippen molar-refractivity contribution in [2.75, 3.05) is 5.73 Å². The fraction of sp³-hybridized carbons (Fsp3) is 0.455. The Morgan fingerprint density at radius 1 is 1.44 bits per heavy atom. The number of nitrogen functional groups attached to an aromatic ring is 1. The number of aromatic nitrogens is 1. The molecular formula is C11H17N3OS. The Morgan fingerprint density at radius 3 is 2.62 bits per heavy atom. The van der Waals surface area contributed by atoms with Crippen molar-refractivity contribution < 1.29 is 4.79 Å². The van der Waals surface area contributed by atoms with Crippen LogP contribution in [-0.4, -0.2) is 22.2 Å². The first-order valence-electron chi connectivity index (χ1n) is 5.17. The molecule has 0 saturated carbocycles. The highest BCUT2D eigenvalue weighted by atomic mass is 32.2. The van der Waals surface area contributed by atoms with E-state index >= 15 is 0 Å². The van der Waals surface area contributed by atoms with Crippen LogP contribution in [-0.2, 0) is 4.79 Å². The minimum atomic E-state index is -0.132. The average Bonchev–Trinajstić information content (AvgIpc) is 2.20. The molecule has 5 heteroatoms. The van der Waals surface area contributed by atoms with Gasteiger partial charge >= 0.3 is 0 Å². The highest BCUT2D eigenvalue weighted by Gasteiger charge is 2.14. The Hall–Kier alpha value is -1.23. The summed E-state index contributed by atoms with van der Waals surface area (Å²) < 4.78 is 0. The van der Waals surface area contributed by atoms with Crippen LogP contribution in [0.2, 0.25) is 0 Å². The van der Waals surface area contributed by atoms with Crippen molar-refractivity contribution in [3.8, 4) is 0 Å². The molecule has 0 bridgehead atoms. The van der Waals surface area contributed by atoms with Crippen LogP contribution >= 0.6 is 11.8 Å². The zero-order chi connectivity index (χ0) is 12.1. The highest BCUT2D eigenvalue weighted by molar-refractivity contribution is 8.00. The number of nitrogens with two attached hydrogens (primary N) is 1. The lowest BCUT2D eigenvalue weighted by atomic mass is 10.3. The summed E-state index contributed by atoms with van der Waals surface area (Å²) in [5.41, 5.74) is 5.48. The smallest absolute Gasteiger partial charge is 0.233 e. The lowest BCUT2D eigenvalue weighted by Gasteiger charge is -2.13. The van der Waals surface area contributed by atoms with E-state index in [4.69, 9.17) is 5.73 Å². The summed E-state index contributed by atoms with van der Waals surface area (Å²) in [6.45, 7) is 5.76. The van der Waals surface area contributed by atoms with Gasteiger partial charge < -0.3 is 11.1 Å². The van der Waals surface area contributed by atoms with Gasteiger partial charge in [0.15, 0.2) is 0 Å². The van der Waals surface area contributed by atoms with Crippen LogP contribution in [0.3, 0.4) is 0 Å². The fourth-order valence-corrected chi connectivity index (χ4v) is 1.96. The third-order valence-corrected chi connectivity index (χ3v) is 2.95. The molecule has 1 rings (SSSR count). The van der Waals surface area contributed by atoms with Crippen LogP contribution in [0.5, 0.6) is 0 Å². The van der Waals surface area contributed by atoms with Crippen LogP contribution in [0, 0.1) is 0 Å². The van der Waals surface area contributed by atoms with Gasteiger partial charge in [0.05, 0.1) is 5.25 Å². The molecule has 0 aliphatic heterocycles. The quantitative estimate of drug-likeness (QED) is 0.784. The molecule has 1 atom stereocenters. The van der Waals surface area contributed by atoms with Crippen LogP contribution in [0.1, 0.15) is 20.8 Å². The molecular weight excluding hydrogens is 222 g/mol. The number of nitrogens with zero attached hydrogens (tertiary/aromatic N) is 1. The van der Waals surface area contributed by atoms with Gasteiger partial charge in [0.2, 0.25) is 5.91 Å². The molecule has 1 heterocycles.